The van der Waals surface area contributed by atoms with E-state index in [4.69, 9.17) is 4.42 Å². The third-order valence-electron chi connectivity index (χ3n) is 4.50. The van der Waals surface area contributed by atoms with E-state index in [-0.39, 0.29) is 6.04 Å². The van der Waals surface area contributed by atoms with E-state index in [1.807, 2.05) is 20.9 Å². The lowest BCUT2D eigenvalue weighted by molar-refractivity contribution is 0.419. The van der Waals surface area contributed by atoms with Crippen molar-refractivity contribution < 1.29 is 4.42 Å². The Morgan fingerprint density at radius 2 is 2.00 bits per heavy atom. The number of aryl methyl sites for hydroxylation is 2. The van der Waals surface area contributed by atoms with Crippen molar-refractivity contribution in [2.45, 2.75) is 45.1 Å². The summed E-state index contributed by atoms with van der Waals surface area (Å²) in [6, 6.07) is 11.4. The summed E-state index contributed by atoms with van der Waals surface area (Å²) in [7, 11) is 2.02. The molecule has 0 bridgehead atoms. The fourth-order valence-electron chi connectivity index (χ4n) is 3.17. The van der Waals surface area contributed by atoms with Crippen LogP contribution in [0.15, 0.2) is 34.7 Å². The first-order valence-corrected chi connectivity index (χ1v) is 7.53. The van der Waals surface area contributed by atoms with Gasteiger partial charge in [0.25, 0.3) is 0 Å². The quantitative estimate of drug-likeness (QED) is 0.885. The number of furan rings is 1. The van der Waals surface area contributed by atoms with Crippen molar-refractivity contribution in [2.75, 3.05) is 7.05 Å². The average Bonchev–Trinajstić information content (AvgIpc) is 2.68. The molecule has 1 aliphatic rings. The van der Waals surface area contributed by atoms with Crippen LogP contribution in [0.1, 0.15) is 59.4 Å². The zero-order chi connectivity index (χ0) is 14.1. The second kappa shape index (κ2) is 5.45. The highest BCUT2D eigenvalue weighted by atomic mass is 16.3. The zero-order valence-corrected chi connectivity index (χ0v) is 12.6. The summed E-state index contributed by atoms with van der Waals surface area (Å²) in [6.45, 7) is 4.05. The van der Waals surface area contributed by atoms with Gasteiger partial charge in [-0.2, -0.15) is 0 Å². The average molecular weight is 269 g/mol. The van der Waals surface area contributed by atoms with Crippen LogP contribution in [0, 0.1) is 13.8 Å². The Balaban J connectivity index is 1.94. The third-order valence-corrected chi connectivity index (χ3v) is 4.50. The minimum absolute atomic E-state index is 0.215. The second-order valence-electron chi connectivity index (χ2n) is 5.89. The Kier molecular flexibility index (Phi) is 3.66. The van der Waals surface area contributed by atoms with Gasteiger partial charge in [-0.15, -0.1) is 0 Å². The maximum atomic E-state index is 5.69. The zero-order valence-electron chi connectivity index (χ0n) is 12.6. The Bertz CT molecular complexity index is 595. The van der Waals surface area contributed by atoms with Crippen molar-refractivity contribution in [3.8, 4) is 0 Å². The summed E-state index contributed by atoms with van der Waals surface area (Å²) in [4.78, 5) is 0. The second-order valence-corrected chi connectivity index (χ2v) is 5.89. The van der Waals surface area contributed by atoms with E-state index in [9.17, 15) is 0 Å². The third kappa shape index (κ3) is 2.40. The molecule has 20 heavy (non-hydrogen) atoms. The summed E-state index contributed by atoms with van der Waals surface area (Å²) in [5, 5.41) is 3.43. The minimum atomic E-state index is 0.215. The first-order valence-electron chi connectivity index (χ1n) is 7.53. The Morgan fingerprint density at radius 1 is 1.20 bits per heavy atom. The molecular weight excluding hydrogens is 246 g/mol. The highest BCUT2D eigenvalue weighted by Crippen LogP contribution is 2.37. The van der Waals surface area contributed by atoms with Gasteiger partial charge in [0.2, 0.25) is 0 Å². The number of hydrogen-bond donors (Lipinski definition) is 1. The van der Waals surface area contributed by atoms with E-state index < -0.39 is 0 Å². The number of nitrogens with one attached hydrogen (secondary N) is 1. The molecule has 0 spiro atoms. The largest absolute Gasteiger partial charge is 0.466 e. The molecule has 1 unspecified atom stereocenters. The topological polar surface area (TPSA) is 25.2 Å². The Hall–Kier alpha value is -1.54. The molecular formula is C18H23NO. The summed E-state index contributed by atoms with van der Waals surface area (Å²) < 4.78 is 5.69. The van der Waals surface area contributed by atoms with Gasteiger partial charge in [-0.05, 0) is 56.8 Å². The number of hydrogen-bond acceptors (Lipinski definition) is 2. The lowest BCUT2D eigenvalue weighted by atomic mass is 9.79. The monoisotopic (exact) mass is 269 g/mol. The standard InChI is InChI=1S/C18H23NO/c1-12-10-17(13(2)20-12)18(19-3)16-9-5-8-15(11-16)14-6-4-7-14/h5,8-11,14,18-19H,4,6-7H2,1-3H3. The van der Waals surface area contributed by atoms with Crippen LogP contribution in [0.2, 0.25) is 0 Å². The Labute approximate surface area is 121 Å². The molecule has 1 atom stereocenters. The van der Waals surface area contributed by atoms with Crippen LogP contribution in [0.5, 0.6) is 0 Å². The molecule has 1 heterocycles. The van der Waals surface area contributed by atoms with Crippen LogP contribution >= 0.6 is 0 Å². The van der Waals surface area contributed by atoms with Crippen molar-refractivity contribution in [2.24, 2.45) is 0 Å². The maximum Gasteiger partial charge on any atom is 0.106 e. The van der Waals surface area contributed by atoms with Crippen LogP contribution in [0.3, 0.4) is 0 Å². The van der Waals surface area contributed by atoms with Gasteiger partial charge in [-0.25, -0.2) is 0 Å². The molecule has 2 heteroatoms. The van der Waals surface area contributed by atoms with E-state index in [2.05, 4.69) is 35.6 Å². The molecule has 1 fully saturated rings. The first-order chi connectivity index (χ1) is 9.69. The van der Waals surface area contributed by atoms with Crippen LogP contribution in [0.4, 0.5) is 0 Å². The molecule has 1 saturated carbocycles. The molecule has 0 saturated heterocycles. The van der Waals surface area contributed by atoms with Crippen molar-refractivity contribution in [1.29, 1.82) is 0 Å². The maximum absolute atomic E-state index is 5.69. The van der Waals surface area contributed by atoms with E-state index in [0.717, 1.165) is 17.4 Å². The van der Waals surface area contributed by atoms with Crippen molar-refractivity contribution in [3.63, 3.8) is 0 Å². The van der Waals surface area contributed by atoms with Gasteiger partial charge in [-0.3, -0.25) is 0 Å². The summed E-state index contributed by atoms with van der Waals surface area (Å²) in [6.07, 6.45) is 4.07. The van der Waals surface area contributed by atoms with Crippen LogP contribution in [-0.4, -0.2) is 7.05 Å². The molecule has 1 aromatic carbocycles. The fraction of sp³-hybridized carbons (Fsp3) is 0.444. The Morgan fingerprint density at radius 3 is 2.55 bits per heavy atom. The lowest BCUT2D eigenvalue weighted by Crippen LogP contribution is -2.18. The highest BCUT2D eigenvalue weighted by molar-refractivity contribution is 5.37. The predicted molar refractivity (Wildman–Crippen MR) is 82.1 cm³/mol. The van der Waals surface area contributed by atoms with Crippen molar-refractivity contribution in [1.82, 2.24) is 5.32 Å². The van der Waals surface area contributed by atoms with Crippen LogP contribution in [0.25, 0.3) is 0 Å². The molecule has 1 aromatic heterocycles. The summed E-state index contributed by atoms with van der Waals surface area (Å²) >= 11 is 0. The van der Waals surface area contributed by atoms with E-state index in [0.29, 0.717) is 0 Å². The van der Waals surface area contributed by atoms with Crippen LogP contribution in [-0.2, 0) is 0 Å². The van der Waals surface area contributed by atoms with Gasteiger partial charge < -0.3 is 9.73 Å². The molecule has 3 rings (SSSR count). The predicted octanol–water partition coefficient (Wildman–Crippen LogP) is 4.47. The summed E-state index contributed by atoms with van der Waals surface area (Å²) in [5.74, 6) is 2.77. The van der Waals surface area contributed by atoms with E-state index in [1.165, 1.54) is 36.0 Å². The molecule has 0 aliphatic heterocycles. The molecule has 2 nitrogen and oxygen atoms in total. The smallest absolute Gasteiger partial charge is 0.106 e. The van der Waals surface area contributed by atoms with Gasteiger partial charge in [0.15, 0.2) is 0 Å². The van der Waals surface area contributed by atoms with E-state index >= 15 is 0 Å². The fourth-order valence-corrected chi connectivity index (χ4v) is 3.17. The van der Waals surface area contributed by atoms with Gasteiger partial charge in [-0.1, -0.05) is 30.7 Å². The van der Waals surface area contributed by atoms with Gasteiger partial charge in [0.1, 0.15) is 11.5 Å². The van der Waals surface area contributed by atoms with Crippen LogP contribution < -0.4 is 5.32 Å². The molecule has 0 radical (unpaired) electrons. The summed E-state index contributed by atoms with van der Waals surface area (Å²) in [5.41, 5.74) is 4.07. The van der Waals surface area contributed by atoms with Crippen molar-refractivity contribution in [3.05, 3.63) is 58.5 Å². The minimum Gasteiger partial charge on any atom is -0.466 e. The van der Waals surface area contributed by atoms with Crippen molar-refractivity contribution >= 4 is 0 Å². The molecule has 2 aromatic rings. The molecule has 1 N–H and O–H groups in total. The van der Waals surface area contributed by atoms with Gasteiger partial charge in [0, 0.05) is 5.56 Å². The number of rotatable bonds is 4. The first kappa shape index (κ1) is 13.4. The van der Waals surface area contributed by atoms with Gasteiger partial charge in [0.05, 0.1) is 6.04 Å². The highest BCUT2D eigenvalue weighted by Gasteiger charge is 2.22. The normalized spacial score (nSPS) is 16.9. The molecule has 0 amide bonds. The molecule has 106 valence electrons. The number of benzene rings is 1. The van der Waals surface area contributed by atoms with Gasteiger partial charge >= 0.3 is 0 Å². The lowest BCUT2D eigenvalue weighted by Gasteiger charge is -2.27. The molecule has 1 aliphatic carbocycles. The SMILES string of the molecule is CNC(c1cccc(C2CCC2)c1)c1cc(C)oc1C. The van der Waals surface area contributed by atoms with E-state index in [1.54, 1.807) is 0 Å².